The number of nitrogens with zero attached hydrogens (tertiary/aromatic N) is 4. The lowest BCUT2D eigenvalue weighted by Gasteiger charge is -2.09. The molecule has 0 spiro atoms. The number of tetrazole rings is 1. The van der Waals surface area contributed by atoms with Gasteiger partial charge in [0.2, 0.25) is 0 Å². The number of hydrogen-bond acceptors (Lipinski definition) is 5. The Morgan fingerprint density at radius 1 is 1.38 bits per heavy atom. The number of hydrogen-bond donors (Lipinski definition) is 0. The third-order valence-electron chi connectivity index (χ3n) is 3.50. The van der Waals surface area contributed by atoms with Gasteiger partial charge in [0.25, 0.3) is 0 Å². The maximum atomic E-state index is 12.4. The van der Waals surface area contributed by atoms with E-state index < -0.39 is 10.8 Å². The lowest BCUT2D eigenvalue weighted by Crippen LogP contribution is -2.08. The van der Waals surface area contributed by atoms with Crippen molar-refractivity contribution < 1.29 is 8.95 Å². The number of methoxy groups -OCH3 is 1. The zero-order chi connectivity index (χ0) is 14.8. The first kappa shape index (κ1) is 14.2. The summed E-state index contributed by atoms with van der Waals surface area (Å²) in [5.74, 6) is 2.31. The van der Waals surface area contributed by atoms with Gasteiger partial charge in [-0.05, 0) is 36.3 Å². The topological polar surface area (TPSA) is 69.9 Å². The minimum Gasteiger partial charge on any atom is -0.496 e. The summed E-state index contributed by atoms with van der Waals surface area (Å²) in [6, 6.07) is 6.32. The molecule has 2 aromatic rings. The van der Waals surface area contributed by atoms with Gasteiger partial charge in [-0.2, -0.15) is 0 Å². The molecule has 0 radical (unpaired) electrons. The highest BCUT2D eigenvalue weighted by Crippen LogP contribution is 2.34. The molecule has 0 saturated heterocycles. The van der Waals surface area contributed by atoms with E-state index in [0.717, 1.165) is 29.7 Å². The summed E-state index contributed by atoms with van der Waals surface area (Å²) in [5, 5.41) is 11.7. The molecule has 1 aromatic carbocycles. The molecule has 1 saturated carbocycles. The Labute approximate surface area is 126 Å². The zero-order valence-electron chi connectivity index (χ0n) is 12.2. The molecular weight excluding hydrogens is 288 g/mol. The highest BCUT2D eigenvalue weighted by Gasteiger charge is 2.28. The Morgan fingerprint density at radius 3 is 2.90 bits per heavy atom. The molecule has 0 amide bonds. The Balaban J connectivity index is 1.71. The van der Waals surface area contributed by atoms with Crippen molar-refractivity contribution in [2.45, 2.75) is 37.3 Å². The van der Waals surface area contributed by atoms with E-state index in [1.807, 2.05) is 29.8 Å². The largest absolute Gasteiger partial charge is 0.496 e. The first-order chi connectivity index (χ1) is 10.2. The number of aromatic nitrogens is 4. The smallest absolute Gasteiger partial charge is 0.164 e. The van der Waals surface area contributed by atoms with E-state index in [9.17, 15) is 4.21 Å². The molecule has 1 aromatic heterocycles. The average molecular weight is 306 g/mol. The van der Waals surface area contributed by atoms with E-state index in [1.54, 1.807) is 7.11 Å². The van der Waals surface area contributed by atoms with Crippen LogP contribution in [0.1, 0.15) is 35.8 Å². The maximum Gasteiger partial charge on any atom is 0.164 e. The van der Waals surface area contributed by atoms with Gasteiger partial charge in [0, 0.05) is 16.4 Å². The number of aryl methyl sites for hydroxylation is 1. The van der Waals surface area contributed by atoms with Gasteiger partial charge >= 0.3 is 0 Å². The molecule has 1 aliphatic rings. The van der Waals surface area contributed by atoms with Crippen LogP contribution >= 0.6 is 0 Å². The third kappa shape index (κ3) is 3.29. The van der Waals surface area contributed by atoms with Gasteiger partial charge < -0.3 is 4.74 Å². The normalized spacial score (nSPS) is 15.9. The second-order valence-corrected chi connectivity index (χ2v) is 6.77. The molecule has 0 unspecified atom stereocenters. The summed E-state index contributed by atoms with van der Waals surface area (Å²) in [5.41, 5.74) is 2.09. The lowest BCUT2D eigenvalue weighted by atomic mass is 10.1. The molecule has 112 valence electrons. The van der Waals surface area contributed by atoms with Crippen LogP contribution in [0.3, 0.4) is 0 Å². The highest BCUT2D eigenvalue weighted by atomic mass is 32.2. The van der Waals surface area contributed by atoms with Crippen LogP contribution in [0.15, 0.2) is 18.2 Å². The Morgan fingerprint density at radius 2 is 2.19 bits per heavy atom. The van der Waals surface area contributed by atoms with Gasteiger partial charge in [0.1, 0.15) is 5.75 Å². The predicted octanol–water partition coefficient (Wildman–Crippen LogP) is 1.77. The van der Waals surface area contributed by atoms with Crippen LogP contribution in [0.5, 0.6) is 5.75 Å². The fraction of sp³-hybridized carbons (Fsp3) is 0.500. The lowest BCUT2D eigenvalue weighted by molar-refractivity contribution is 0.411. The van der Waals surface area contributed by atoms with Crippen LogP contribution in [-0.4, -0.2) is 31.5 Å². The van der Waals surface area contributed by atoms with Crippen LogP contribution in [0.2, 0.25) is 0 Å². The van der Waals surface area contributed by atoms with Crippen LogP contribution in [-0.2, 0) is 22.3 Å². The van der Waals surface area contributed by atoms with E-state index in [-0.39, 0.29) is 0 Å². The highest BCUT2D eigenvalue weighted by molar-refractivity contribution is 7.83. The van der Waals surface area contributed by atoms with Crippen molar-refractivity contribution in [2.75, 3.05) is 7.11 Å². The van der Waals surface area contributed by atoms with Crippen molar-refractivity contribution in [3.63, 3.8) is 0 Å². The van der Waals surface area contributed by atoms with Crippen molar-refractivity contribution in [1.82, 2.24) is 20.2 Å². The van der Waals surface area contributed by atoms with Gasteiger partial charge in [0.05, 0.1) is 24.7 Å². The molecule has 3 rings (SSSR count). The van der Waals surface area contributed by atoms with Gasteiger partial charge in [-0.25, -0.2) is 4.68 Å². The van der Waals surface area contributed by atoms with Gasteiger partial charge in [0.15, 0.2) is 5.82 Å². The molecule has 1 fully saturated rings. The summed E-state index contributed by atoms with van der Waals surface area (Å²) in [6.45, 7) is 2.01. The van der Waals surface area contributed by atoms with Crippen molar-refractivity contribution >= 4 is 10.8 Å². The van der Waals surface area contributed by atoms with Crippen molar-refractivity contribution in [2.24, 2.45) is 0 Å². The van der Waals surface area contributed by atoms with Crippen LogP contribution < -0.4 is 4.74 Å². The van der Waals surface area contributed by atoms with Crippen molar-refractivity contribution in [3.05, 3.63) is 35.2 Å². The van der Waals surface area contributed by atoms with E-state index in [4.69, 9.17) is 4.74 Å². The molecule has 0 aliphatic heterocycles. The molecule has 1 atom stereocenters. The van der Waals surface area contributed by atoms with Gasteiger partial charge in [-0.3, -0.25) is 4.21 Å². The minimum atomic E-state index is -1.06. The summed E-state index contributed by atoms with van der Waals surface area (Å²) in [7, 11) is 0.567. The molecule has 0 bridgehead atoms. The first-order valence-electron chi connectivity index (χ1n) is 6.92. The van der Waals surface area contributed by atoms with E-state index in [0.29, 0.717) is 23.4 Å². The predicted molar refractivity (Wildman–Crippen MR) is 79.4 cm³/mol. The Kier molecular flexibility index (Phi) is 4.01. The number of benzene rings is 1. The number of rotatable bonds is 6. The second kappa shape index (κ2) is 5.93. The van der Waals surface area contributed by atoms with Crippen LogP contribution in [0.25, 0.3) is 0 Å². The quantitative estimate of drug-likeness (QED) is 0.813. The molecule has 1 aliphatic carbocycles. The monoisotopic (exact) mass is 306 g/mol. The summed E-state index contributed by atoms with van der Waals surface area (Å²) in [4.78, 5) is 0. The molecular formula is C14H18N4O2S. The number of ether oxygens (including phenoxy) is 1. The van der Waals surface area contributed by atoms with E-state index >= 15 is 0 Å². The fourth-order valence-electron chi connectivity index (χ4n) is 2.30. The minimum absolute atomic E-state index is 0.376. The molecule has 0 N–H and O–H groups in total. The summed E-state index contributed by atoms with van der Waals surface area (Å²) >= 11 is 0. The summed E-state index contributed by atoms with van der Waals surface area (Å²) in [6.07, 6.45) is 2.22. The fourth-order valence-corrected chi connectivity index (χ4v) is 3.45. The SMILES string of the molecule is COc1ccc(C)cc1C[S@](=O)Cc1nnnn1C1CC1. The Bertz CT molecular complexity index is 667. The van der Waals surface area contributed by atoms with Gasteiger partial charge in [-0.15, -0.1) is 5.10 Å². The average Bonchev–Trinajstić information content (AvgIpc) is 3.20. The first-order valence-corrected chi connectivity index (χ1v) is 8.41. The van der Waals surface area contributed by atoms with E-state index in [1.165, 1.54) is 0 Å². The standard InChI is InChI=1S/C14H18N4O2S/c1-10-3-6-13(20-2)11(7-10)8-21(19)9-14-15-16-17-18(14)12-4-5-12/h3,6-7,12H,4-5,8-9H2,1-2H3/t21-/m0/s1. The second-order valence-electron chi connectivity index (χ2n) is 5.31. The van der Waals surface area contributed by atoms with Crippen LogP contribution in [0.4, 0.5) is 0 Å². The summed E-state index contributed by atoms with van der Waals surface area (Å²) < 4.78 is 19.5. The Hall–Kier alpha value is -1.76. The van der Waals surface area contributed by atoms with Crippen molar-refractivity contribution in [1.29, 1.82) is 0 Å². The third-order valence-corrected chi connectivity index (χ3v) is 4.71. The van der Waals surface area contributed by atoms with Crippen molar-refractivity contribution in [3.8, 4) is 5.75 Å². The molecule has 1 heterocycles. The zero-order valence-corrected chi connectivity index (χ0v) is 13.0. The van der Waals surface area contributed by atoms with E-state index in [2.05, 4.69) is 15.5 Å². The maximum absolute atomic E-state index is 12.4. The van der Waals surface area contributed by atoms with Gasteiger partial charge in [-0.1, -0.05) is 17.7 Å². The molecule has 6 nitrogen and oxygen atoms in total. The molecule has 21 heavy (non-hydrogen) atoms. The van der Waals surface area contributed by atoms with Crippen LogP contribution in [0, 0.1) is 6.92 Å². The molecule has 7 heteroatoms.